The van der Waals surface area contributed by atoms with Gasteiger partial charge in [-0.25, -0.2) is 9.36 Å². The second-order valence-corrected chi connectivity index (χ2v) is 8.66. The van der Waals surface area contributed by atoms with Crippen LogP contribution in [-0.4, -0.2) is 17.5 Å². The molecular formula is C23H21N2O4S+. The van der Waals surface area contributed by atoms with Crippen molar-refractivity contribution in [2.24, 2.45) is 7.05 Å². The molecule has 1 N–H and O–H groups in total. The third kappa shape index (κ3) is 3.53. The number of benzene rings is 3. The molecule has 1 aromatic heterocycles. The van der Waals surface area contributed by atoms with Crippen molar-refractivity contribution in [3.8, 4) is 11.4 Å². The van der Waals surface area contributed by atoms with Crippen molar-refractivity contribution in [3.63, 3.8) is 0 Å². The second kappa shape index (κ2) is 7.51. The Kier molecular flexibility index (Phi) is 5.01. The smallest absolute Gasteiger partial charge is 0.282 e. The zero-order valence-electron chi connectivity index (χ0n) is 16.6. The van der Waals surface area contributed by atoms with Crippen molar-refractivity contribution in [2.45, 2.75) is 18.4 Å². The van der Waals surface area contributed by atoms with Gasteiger partial charge in [0.2, 0.25) is 0 Å². The molecule has 30 heavy (non-hydrogen) atoms. The first-order valence-electron chi connectivity index (χ1n) is 9.41. The van der Waals surface area contributed by atoms with Gasteiger partial charge in [-0.05, 0) is 37.3 Å². The first kappa shape index (κ1) is 20.0. The minimum absolute atomic E-state index is 0.0666. The summed E-state index contributed by atoms with van der Waals surface area (Å²) in [6.45, 7) is 2.67. The fourth-order valence-corrected chi connectivity index (χ4v) is 4.18. The van der Waals surface area contributed by atoms with Crippen molar-refractivity contribution in [2.75, 3.05) is 0 Å². The highest BCUT2D eigenvalue weighted by atomic mass is 32.2. The van der Waals surface area contributed by atoms with Crippen molar-refractivity contribution in [3.05, 3.63) is 94.3 Å². The lowest BCUT2D eigenvalue weighted by molar-refractivity contribution is -0.649. The fourth-order valence-electron chi connectivity index (χ4n) is 3.70. The summed E-state index contributed by atoms with van der Waals surface area (Å²) in [5.41, 5.74) is 4.47. The van der Waals surface area contributed by atoms with Gasteiger partial charge in [0.25, 0.3) is 15.9 Å². The molecule has 152 valence electrons. The Labute approximate surface area is 174 Å². The summed E-state index contributed by atoms with van der Waals surface area (Å²) in [4.78, 5) is 12.4. The molecule has 0 amide bonds. The molecule has 5 rings (SSSR count). The first-order chi connectivity index (χ1) is 14.3. The molecule has 0 radical (unpaired) electrons. The lowest BCUT2D eigenvalue weighted by Crippen LogP contribution is -2.40. The highest BCUT2D eigenvalue weighted by molar-refractivity contribution is 7.85. The summed E-state index contributed by atoms with van der Waals surface area (Å²) in [5.74, 6) is 0.999. The maximum atomic E-state index is 12.4. The zero-order valence-corrected chi connectivity index (χ0v) is 17.4. The number of hydrogen-bond acceptors (Lipinski definition) is 3. The quantitative estimate of drug-likeness (QED) is 0.333. The normalized spacial score (nSPS) is 12.1. The maximum absolute atomic E-state index is 12.4. The van der Waals surface area contributed by atoms with E-state index in [9.17, 15) is 13.2 Å². The molecule has 7 heteroatoms. The molecular weight excluding hydrogens is 400 g/mol. The van der Waals surface area contributed by atoms with E-state index in [2.05, 4.69) is 16.7 Å². The van der Waals surface area contributed by atoms with Gasteiger partial charge in [0, 0.05) is 5.56 Å². The molecule has 0 saturated carbocycles. The third-order valence-electron chi connectivity index (χ3n) is 5.21. The van der Waals surface area contributed by atoms with Gasteiger partial charge in [0.1, 0.15) is 17.4 Å². The molecule has 1 aliphatic heterocycles. The standard InChI is InChI=1S/C16H13N2O.C7H8O3S/c1-17-15-12-7-3-2-6-11(12)10-18(15)14-9-5-4-8-13(14)16(17)19;1-6-2-4-7(5-3-6)11(8,9)10/h2-9H,10H2,1H3;2-5H,1H3,(H,8,9,10)/q+1;. The zero-order chi connectivity index (χ0) is 21.5. The SMILES string of the molecule is Cc1ccc(S(=O)(=O)O)cc1.Cn1c2[n+](c3ccccc3c1=O)Cc1ccccc1-2. The molecule has 0 saturated heterocycles. The highest BCUT2D eigenvalue weighted by Gasteiger charge is 2.30. The first-order valence-corrected chi connectivity index (χ1v) is 10.9. The van der Waals surface area contributed by atoms with E-state index < -0.39 is 10.1 Å². The Bertz CT molecular complexity index is 1420. The summed E-state index contributed by atoms with van der Waals surface area (Å²) in [5, 5.41) is 0.779. The summed E-state index contributed by atoms with van der Waals surface area (Å²) >= 11 is 0. The van der Waals surface area contributed by atoms with Crippen LogP contribution in [0.25, 0.3) is 22.3 Å². The number of hydrogen-bond donors (Lipinski definition) is 1. The van der Waals surface area contributed by atoms with Gasteiger partial charge in [-0.1, -0.05) is 48.0 Å². The van der Waals surface area contributed by atoms with Gasteiger partial charge in [-0.15, -0.1) is 0 Å². The van der Waals surface area contributed by atoms with Gasteiger partial charge in [0.15, 0.2) is 0 Å². The molecule has 2 heterocycles. The minimum Gasteiger partial charge on any atom is -0.282 e. The summed E-state index contributed by atoms with van der Waals surface area (Å²) in [7, 11) is -2.17. The highest BCUT2D eigenvalue weighted by Crippen LogP contribution is 2.26. The number of aryl methyl sites for hydroxylation is 1. The van der Waals surface area contributed by atoms with Crippen LogP contribution in [0, 0.1) is 6.92 Å². The minimum atomic E-state index is -4.02. The number of aromatic nitrogens is 2. The molecule has 0 atom stereocenters. The van der Waals surface area contributed by atoms with Crippen LogP contribution >= 0.6 is 0 Å². The van der Waals surface area contributed by atoms with Crippen LogP contribution in [0.3, 0.4) is 0 Å². The number of para-hydroxylation sites is 1. The molecule has 0 aliphatic carbocycles. The van der Waals surface area contributed by atoms with Crippen LogP contribution in [0.2, 0.25) is 0 Å². The lowest BCUT2D eigenvalue weighted by Gasteiger charge is -2.04. The number of rotatable bonds is 1. The Morgan fingerprint density at radius 3 is 2.27 bits per heavy atom. The maximum Gasteiger partial charge on any atom is 0.345 e. The van der Waals surface area contributed by atoms with E-state index in [1.807, 2.05) is 50.4 Å². The molecule has 0 spiro atoms. The molecule has 0 fully saturated rings. The van der Waals surface area contributed by atoms with E-state index in [1.165, 1.54) is 17.7 Å². The van der Waals surface area contributed by atoms with Gasteiger partial charge in [0.05, 0.1) is 17.5 Å². The molecule has 1 aliphatic rings. The summed E-state index contributed by atoms with van der Waals surface area (Å²) in [6, 6.07) is 22.1. The fraction of sp³-hybridized carbons (Fsp3) is 0.130. The van der Waals surface area contributed by atoms with Gasteiger partial charge < -0.3 is 0 Å². The van der Waals surface area contributed by atoms with E-state index in [0.29, 0.717) is 0 Å². The average molecular weight is 421 g/mol. The van der Waals surface area contributed by atoms with Crippen LogP contribution in [0.5, 0.6) is 0 Å². The van der Waals surface area contributed by atoms with E-state index >= 15 is 0 Å². The van der Waals surface area contributed by atoms with E-state index in [1.54, 1.807) is 16.7 Å². The largest absolute Gasteiger partial charge is 0.345 e. The Morgan fingerprint density at radius 1 is 0.933 bits per heavy atom. The van der Waals surface area contributed by atoms with Gasteiger partial charge >= 0.3 is 5.56 Å². The summed E-state index contributed by atoms with van der Waals surface area (Å²) in [6.07, 6.45) is 0. The van der Waals surface area contributed by atoms with Gasteiger partial charge in [-0.2, -0.15) is 13.0 Å². The van der Waals surface area contributed by atoms with Gasteiger partial charge in [-0.3, -0.25) is 4.55 Å². The summed E-state index contributed by atoms with van der Waals surface area (Å²) < 4.78 is 33.5. The number of nitrogens with zero attached hydrogens (tertiary/aromatic N) is 2. The van der Waals surface area contributed by atoms with Crippen molar-refractivity contribution < 1.29 is 17.5 Å². The van der Waals surface area contributed by atoms with E-state index in [-0.39, 0.29) is 10.5 Å². The monoisotopic (exact) mass is 421 g/mol. The van der Waals surface area contributed by atoms with Crippen LogP contribution in [0.4, 0.5) is 0 Å². The predicted octanol–water partition coefficient (Wildman–Crippen LogP) is 3.10. The topological polar surface area (TPSA) is 80.2 Å². The average Bonchev–Trinajstić information content (AvgIpc) is 3.12. The van der Waals surface area contributed by atoms with Crippen molar-refractivity contribution >= 4 is 21.0 Å². The lowest BCUT2D eigenvalue weighted by atomic mass is 10.1. The molecule has 0 unspecified atom stereocenters. The van der Waals surface area contributed by atoms with Crippen LogP contribution in [0.15, 0.2) is 82.5 Å². The predicted molar refractivity (Wildman–Crippen MR) is 115 cm³/mol. The van der Waals surface area contributed by atoms with E-state index in [0.717, 1.165) is 34.4 Å². The van der Waals surface area contributed by atoms with E-state index in [4.69, 9.17) is 4.55 Å². The Morgan fingerprint density at radius 2 is 1.57 bits per heavy atom. The molecule has 0 bridgehead atoms. The molecule has 4 aromatic rings. The molecule has 6 nitrogen and oxygen atoms in total. The molecule has 3 aromatic carbocycles. The number of fused-ring (bicyclic) bond motifs is 5. The Balaban J connectivity index is 0.000000170. The van der Waals surface area contributed by atoms with Crippen LogP contribution in [0.1, 0.15) is 11.1 Å². The van der Waals surface area contributed by atoms with Crippen LogP contribution in [-0.2, 0) is 23.7 Å². The third-order valence-corrected chi connectivity index (χ3v) is 6.08. The van der Waals surface area contributed by atoms with Crippen LogP contribution < -0.4 is 10.1 Å². The van der Waals surface area contributed by atoms with Crippen molar-refractivity contribution in [1.29, 1.82) is 0 Å². The second-order valence-electron chi connectivity index (χ2n) is 7.24. The van der Waals surface area contributed by atoms with Crippen molar-refractivity contribution in [1.82, 2.24) is 4.57 Å². The Hall–Kier alpha value is -3.29.